The first-order valence-corrected chi connectivity index (χ1v) is 7.69. The third kappa shape index (κ3) is 5.39. The van der Waals surface area contributed by atoms with Crippen LogP contribution in [0.1, 0.15) is 15.9 Å². The first-order chi connectivity index (χ1) is 12.0. The Morgan fingerprint density at radius 2 is 1.80 bits per heavy atom. The van der Waals surface area contributed by atoms with Crippen molar-refractivity contribution in [2.24, 2.45) is 0 Å². The number of anilines is 1. The van der Waals surface area contributed by atoms with Crippen molar-refractivity contribution >= 4 is 23.6 Å². The van der Waals surface area contributed by atoms with Crippen LogP contribution < -0.4 is 20.5 Å². The van der Waals surface area contributed by atoms with Crippen molar-refractivity contribution in [2.75, 3.05) is 26.1 Å². The van der Waals surface area contributed by atoms with Crippen molar-refractivity contribution in [3.63, 3.8) is 0 Å². The van der Waals surface area contributed by atoms with Crippen LogP contribution in [0.15, 0.2) is 54.6 Å². The molecular formula is C19H21N3O3. The van der Waals surface area contributed by atoms with Crippen LogP contribution in [-0.4, -0.2) is 33.0 Å². The zero-order valence-corrected chi connectivity index (χ0v) is 14.4. The van der Waals surface area contributed by atoms with Gasteiger partial charge in [0.05, 0.1) is 7.11 Å². The monoisotopic (exact) mass is 339 g/mol. The molecule has 2 N–H and O–H groups in total. The molecule has 6 nitrogen and oxygen atoms in total. The number of benzene rings is 2. The fraction of sp³-hybridized carbons (Fsp3) is 0.158. The van der Waals surface area contributed by atoms with Gasteiger partial charge in [-0.1, -0.05) is 18.2 Å². The predicted octanol–water partition coefficient (Wildman–Crippen LogP) is 2.24. The summed E-state index contributed by atoms with van der Waals surface area (Å²) in [5.41, 5.74) is 6.93. The number of hydrogen-bond donors (Lipinski definition) is 2. The SMILES string of the molecule is COc1cccc(/C=C/C(=O)NNC(=O)c2cccc(N(C)C)c2)c1. The van der Waals surface area contributed by atoms with Crippen molar-refractivity contribution in [2.45, 2.75) is 0 Å². The predicted molar refractivity (Wildman–Crippen MR) is 98.4 cm³/mol. The molecule has 0 aliphatic carbocycles. The van der Waals surface area contributed by atoms with Crippen LogP contribution >= 0.6 is 0 Å². The number of rotatable bonds is 5. The highest BCUT2D eigenvalue weighted by molar-refractivity contribution is 5.98. The topological polar surface area (TPSA) is 70.7 Å². The number of methoxy groups -OCH3 is 1. The van der Waals surface area contributed by atoms with E-state index >= 15 is 0 Å². The number of nitrogens with one attached hydrogen (secondary N) is 2. The Balaban J connectivity index is 1.91. The number of hydrazine groups is 1. The maximum Gasteiger partial charge on any atom is 0.269 e. The smallest absolute Gasteiger partial charge is 0.269 e. The summed E-state index contributed by atoms with van der Waals surface area (Å²) in [5, 5.41) is 0. The van der Waals surface area contributed by atoms with Crippen molar-refractivity contribution in [3.05, 3.63) is 65.7 Å². The van der Waals surface area contributed by atoms with E-state index in [1.807, 2.05) is 43.3 Å². The molecule has 0 unspecified atom stereocenters. The molecule has 0 saturated heterocycles. The Kier molecular flexibility index (Phi) is 6.17. The molecule has 0 radical (unpaired) electrons. The highest BCUT2D eigenvalue weighted by Crippen LogP contribution is 2.14. The first kappa shape index (κ1) is 18.1. The number of nitrogens with zero attached hydrogens (tertiary/aromatic N) is 1. The van der Waals surface area contributed by atoms with Crippen molar-refractivity contribution in [3.8, 4) is 5.75 Å². The Labute approximate surface area is 147 Å². The van der Waals surface area contributed by atoms with Gasteiger partial charge < -0.3 is 9.64 Å². The molecule has 0 bridgehead atoms. The Morgan fingerprint density at radius 3 is 2.52 bits per heavy atom. The number of carbonyl (C=O) groups excluding carboxylic acids is 2. The number of carbonyl (C=O) groups is 2. The number of amides is 2. The van der Waals surface area contributed by atoms with Crippen LogP contribution in [0.4, 0.5) is 5.69 Å². The lowest BCUT2D eigenvalue weighted by Crippen LogP contribution is -2.40. The van der Waals surface area contributed by atoms with E-state index in [0.29, 0.717) is 11.3 Å². The maximum atomic E-state index is 12.1. The van der Waals surface area contributed by atoms with Crippen LogP contribution in [0.3, 0.4) is 0 Å². The average molecular weight is 339 g/mol. The van der Waals surface area contributed by atoms with E-state index in [2.05, 4.69) is 10.9 Å². The van der Waals surface area contributed by atoms with Gasteiger partial charge in [-0.15, -0.1) is 0 Å². The highest BCUT2D eigenvalue weighted by Gasteiger charge is 2.07. The van der Waals surface area contributed by atoms with Gasteiger partial charge in [0.15, 0.2) is 0 Å². The van der Waals surface area contributed by atoms with Crippen molar-refractivity contribution < 1.29 is 14.3 Å². The fourth-order valence-corrected chi connectivity index (χ4v) is 2.07. The minimum absolute atomic E-state index is 0.383. The van der Waals surface area contributed by atoms with Crippen LogP contribution in [0.25, 0.3) is 6.08 Å². The minimum atomic E-state index is -0.431. The lowest BCUT2D eigenvalue weighted by Gasteiger charge is -2.13. The fourth-order valence-electron chi connectivity index (χ4n) is 2.07. The van der Waals surface area contributed by atoms with E-state index in [1.165, 1.54) is 6.08 Å². The summed E-state index contributed by atoms with van der Waals surface area (Å²) in [6, 6.07) is 14.4. The van der Waals surface area contributed by atoms with Gasteiger partial charge in [0.2, 0.25) is 0 Å². The molecule has 0 atom stereocenters. The van der Waals surface area contributed by atoms with E-state index < -0.39 is 5.91 Å². The molecule has 0 aliphatic rings. The quantitative estimate of drug-likeness (QED) is 0.647. The summed E-state index contributed by atoms with van der Waals surface area (Å²) in [6.07, 6.45) is 2.97. The first-order valence-electron chi connectivity index (χ1n) is 7.69. The van der Waals surface area contributed by atoms with Gasteiger partial charge in [-0.05, 0) is 42.0 Å². The molecule has 0 fully saturated rings. The second kappa shape index (κ2) is 8.54. The van der Waals surface area contributed by atoms with Crippen LogP contribution in [-0.2, 0) is 4.79 Å². The molecule has 0 heterocycles. The second-order valence-electron chi connectivity index (χ2n) is 5.50. The van der Waals surface area contributed by atoms with Gasteiger partial charge in [0.1, 0.15) is 5.75 Å². The molecule has 2 rings (SSSR count). The van der Waals surface area contributed by atoms with Crippen LogP contribution in [0.2, 0.25) is 0 Å². The molecule has 2 amide bonds. The van der Waals surface area contributed by atoms with E-state index in [0.717, 1.165) is 11.3 Å². The maximum absolute atomic E-state index is 12.1. The molecule has 2 aromatic rings. The molecule has 6 heteroatoms. The molecule has 2 aromatic carbocycles. The third-order valence-electron chi connectivity index (χ3n) is 3.44. The standard InChI is InChI=1S/C19H21N3O3/c1-22(2)16-8-5-7-15(13-16)19(24)21-20-18(23)11-10-14-6-4-9-17(12-14)25-3/h4-13H,1-3H3,(H,20,23)(H,21,24)/b11-10+. The van der Waals surface area contributed by atoms with Crippen LogP contribution in [0, 0.1) is 0 Å². The molecule has 0 aromatic heterocycles. The summed E-state index contributed by atoms with van der Waals surface area (Å²) in [6.45, 7) is 0. The lowest BCUT2D eigenvalue weighted by atomic mass is 10.2. The van der Waals surface area contributed by atoms with Gasteiger partial charge in [0.25, 0.3) is 11.8 Å². The summed E-state index contributed by atoms with van der Waals surface area (Å²) in [7, 11) is 5.36. The van der Waals surface area contributed by atoms with Gasteiger partial charge in [-0.3, -0.25) is 20.4 Å². The van der Waals surface area contributed by atoms with Gasteiger partial charge in [-0.2, -0.15) is 0 Å². The highest BCUT2D eigenvalue weighted by atomic mass is 16.5. The summed E-state index contributed by atoms with van der Waals surface area (Å²) < 4.78 is 5.12. The van der Waals surface area contributed by atoms with E-state index in [-0.39, 0.29) is 5.91 Å². The van der Waals surface area contributed by atoms with E-state index in [4.69, 9.17) is 4.74 Å². The van der Waals surface area contributed by atoms with Crippen molar-refractivity contribution in [1.82, 2.24) is 10.9 Å². The Hall–Kier alpha value is -3.28. The summed E-state index contributed by atoms with van der Waals surface area (Å²) in [5.74, 6) is -0.108. The molecule has 25 heavy (non-hydrogen) atoms. The van der Waals surface area contributed by atoms with Gasteiger partial charge in [-0.25, -0.2) is 0 Å². The Morgan fingerprint density at radius 1 is 1.04 bits per heavy atom. The van der Waals surface area contributed by atoms with Crippen LogP contribution in [0.5, 0.6) is 5.75 Å². The van der Waals surface area contributed by atoms with Gasteiger partial charge in [0, 0.05) is 31.4 Å². The molecule has 0 spiro atoms. The third-order valence-corrected chi connectivity index (χ3v) is 3.44. The number of ether oxygens (including phenoxy) is 1. The molecule has 0 aliphatic heterocycles. The second-order valence-corrected chi connectivity index (χ2v) is 5.50. The lowest BCUT2D eigenvalue weighted by molar-refractivity contribution is -0.117. The molecular weight excluding hydrogens is 318 g/mol. The minimum Gasteiger partial charge on any atom is -0.497 e. The number of hydrogen-bond acceptors (Lipinski definition) is 4. The Bertz CT molecular complexity index is 785. The summed E-state index contributed by atoms with van der Waals surface area (Å²) >= 11 is 0. The van der Waals surface area contributed by atoms with E-state index in [9.17, 15) is 9.59 Å². The molecule has 0 saturated carbocycles. The summed E-state index contributed by atoms with van der Waals surface area (Å²) in [4.78, 5) is 25.8. The van der Waals surface area contributed by atoms with Crippen molar-refractivity contribution in [1.29, 1.82) is 0 Å². The normalized spacial score (nSPS) is 10.4. The zero-order chi connectivity index (χ0) is 18.2. The average Bonchev–Trinajstić information content (AvgIpc) is 2.64. The largest absolute Gasteiger partial charge is 0.497 e. The van der Waals surface area contributed by atoms with E-state index in [1.54, 1.807) is 37.5 Å². The van der Waals surface area contributed by atoms with Gasteiger partial charge >= 0.3 is 0 Å². The molecule has 130 valence electrons. The zero-order valence-electron chi connectivity index (χ0n) is 14.4.